The Kier molecular flexibility index (Phi) is 5.18. The number of thiophene rings is 1. The van der Waals surface area contributed by atoms with E-state index in [2.05, 4.69) is 16.8 Å². The van der Waals surface area contributed by atoms with E-state index in [0.717, 1.165) is 22.6 Å². The molecule has 156 valence electrons. The summed E-state index contributed by atoms with van der Waals surface area (Å²) in [6.07, 6.45) is 6.01. The van der Waals surface area contributed by atoms with Gasteiger partial charge in [0.15, 0.2) is 0 Å². The Hall–Kier alpha value is -2.48. The van der Waals surface area contributed by atoms with E-state index in [1.165, 1.54) is 35.8 Å². The minimum absolute atomic E-state index is 0.00589. The van der Waals surface area contributed by atoms with Crippen LogP contribution in [0, 0.1) is 0 Å². The number of carbonyl (C=O) groups excluding carboxylic acids is 2. The van der Waals surface area contributed by atoms with Crippen LogP contribution in [0.25, 0.3) is 0 Å². The SMILES string of the molecule is O=C1C=C(Nc2ccccc2C2OC3CCCCC3c3sccc32)C(=O)N1CCO. The first-order valence-corrected chi connectivity index (χ1v) is 11.3. The summed E-state index contributed by atoms with van der Waals surface area (Å²) in [5, 5.41) is 14.4. The molecule has 7 heteroatoms. The van der Waals surface area contributed by atoms with Crippen LogP contribution < -0.4 is 5.32 Å². The third kappa shape index (κ3) is 3.27. The first-order valence-electron chi connectivity index (χ1n) is 10.4. The number of β-amino-alcohol motifs (C(OH)–C–C–N with tert-alkyl or cyclic N) is 1. The molecule has 3 atom stereocenters. The number of rotatable bonds is 5. The first-order chi connectivity index (χ1) is 14.7. The van der Waals surface area contributed by atoms with Gasteiger partial charge < -0.3 is 15.2 Å². The monoisotopic (exact) mass is 424 g/mol. The zero-order chi connectivity index (χ0) is 20.7. The molecule has 2 amide bonds. The number of hydrogen-bond acceptors (Lipinski definition) is 6. The molecule has 0 radical (unpaired) electrons. The Bertz CT molecular complexity index is 1010. The number of carbonyl (C=O) groups is 2. The topological polar surface area (TPSA) is 78.9 Å². The maximum atomic E-state index is 12.6. The molecule has 1 fully saturated rings. The van der Waals surface area contributed by atoms with Crippen LogP contribution in [-0.2, 0) is 14.3 Å². The molecule has 2 N–H and O–H groups in total. The average Bonchev–Trinajstić information content (AvgIpc) is 3.35. The van der Waals surface area contributed by atoms with Gasteiger partial charge in [0.25, 0.3) is 11.8 Å². The highest BCUT2D eigenvalue weighted by Crippen LogP contribution is 2.50. The lowest BCUT2D eigenvalue weighted by atomic mass is 9.80. The second-order valence-electron chi connectivity index (χ2n) is 7.97. The van der Waals surface area contributed by atoms with Crippen molar-refractivity contribution in [1.82, 2.24) is 4.90 Å². The fourth-order valence-electron chi connectivity index (χ4n) is 4.79. The predicted molar refractivity (Wildman–Crippen MR) is 114 cm³/mol. The van der Waals surface area contributed by atoms with E-state index in [1.54, 1.807) is 0 Å². The van der Waals surface area contributed by atoms with Crippen molar-refractivity contribution in [1.29, 1.82) is 0 Å². The van der Waals surface area contributed by atoms with E-state index >= 15 is 0 Å². The standard InChI is InChI=1S/C23H24N2O4S/c26-11-10-25-20(27)13-18(23(25)28)24-17-7-3-1-5-14(17)21-16-9-12-30-22(16)15-6-2-4-8-19(15)29-21/h1,3,5,7,9,12-13,15,19,21,24,26H,2,4,6,8,10-11H2. The number of ether oxygens (including phenoxy) is 1. The lowest BCUT2D eigenvalue weighted by Crippen LogP contribution is -2.34. The number of aliphatic hydroxyl groups excluding tert-OH is 1. The number of benzene rings is 1. The van der Waals surface area contributed by atoms with Crippen molar-refractivity contribution in [3.05, 3.63) is 63.5 Å². The van der Waals surface area contributed by atoms with Crippen molar-refractivity contribution in [2.75, 3.05) is 18.5 Å². The number of hydrogen-bond donors (Lipinski definition) is 2. The van der Waals surface area contributed by atoms with Crippen molar-refractivity contribution in [3.63, 3.8) is 0 Å². The summed E-state index contributed by atoms with van der Waals surface area (Å²) in [4.78, 5) is 27.1. The van der Waals surface area contributed by atoms with Crippen LogP contribution in [0.5, 0.6) is 0 Å². The van der Waals surface area contributed by atoms with Gasteiger partial charge in [-0.3, -0.25) is 14.5 Å². The zero-order valence-electron chi connectivity index (χ0n) is 16.5. The molecule has 5 rings (SSSR count). The van der Waals surface area contributed by atoms with Crippen LogP contribution in [0.1, 0.15) is 53.7 Å². The minimum Gasteiger partial charge on any atom is -0.395 e. The predicted octanol–water partition coefficient (Wildman–Crippen LogP) is 3.55. The number of para-hydroxylation sites is 1. The largest absolute Gasteiger partial charge is 0.395 e. The molecule has 2 aromatic rings. The van der Waals surface area contributed by atoms with Crippen LogP contribution in [0.15, 0.2) is 47.5 Å². The third-order valence-corrected chi connectivity index (χ3v) is 7.27. The second kappa shape index (κ2) is 7.98. The van der Waals surface area contributed by atoms with Crippen LogP contribution in [0.2, 0.25) is 0 Å². The summed E-state index contributed by atoms with van der Waals surface area (Å²) in [6.45, 7) is -0.261. The van der Waals surface area contributed by atoms with E-state index in [0.29, 0.717) is 5.92 Å². The Morgan fingerprint density at radius 1 is 1.13 bits per heavy atom. The molecule has 2 aliphatic heterocycles. The van der Waals surface area contributed by atoms with Crippen LogP contribution in [0.4, 0.5) is 5.69 Å². The smallest absolute Gasteiger partial charge is 0.277 e. The van der Waals surface area contributed by atoms with Gasteiger partial charge in [0.2, 0.25) is 0 Å². The van der Waals surface area contributed by atoms with E-state index in [9.17, 15) is 9.59 Å². The highest BCUT2D eigenvalue weighted by atomic mass is 32.1. The van der Waals surface area contributed by atoms with Gasteiger partial charge in [0, 0.05) is 28.1 Å². The number of amides is 2. The van der Waals surface area contributed by atoms with Gasteiger partial charge in [-0.2, -0.15) is 0 Å². The zero-order valence-corrected chi connectivity index (χ0v) is 17.4. The molecule has 0 bridgehead atoms. The average molecular weight is 425 g/mol. The van der Waals surface area contributed by atoms with Crippen molar-refractivity contribution < 1.29 is 19.4 Å². The molecule has 0 saturated heterocycles. The van der Waals surface area contributed by atoms with E-state index in [1.807, 2.05) is 35.6 Å². The summed E-state index contributed by atoms with van der Waals surface area (Å²) in [5.74, 6) is -0.348. The molecule has 3 aliphatic rings. The maximum absolute atomic E-state index is 12.6. The maximum Gasteiger partial charge on any atom is 0.277 e. The van der Waals surface area contributed by atoms with E-state index < -0.39 is 11.8 Å². The summed E-state index contributed by atoms with van der Waals surface area (Å²) < 4.78 is 6.63. The molecule has 1 aliphatic carbocycles. The normalized spacial score (nSPS) is 25.7. The molecule has 1 saturated carbocycles. The lowest BCUT2D eigenvalue weighted by molar-refractivity contribution is -0.137. The van der Waals surface area contributed by atoms with Gasteiger partial charge >= 0.3 is 0 Å². The van der Waals surface area contributed by atoms with Gasteiger partial charge in [0.05, 0.1) is 19.3 Å². The molecular formula is C23H24N2O4S. The van der Waals surface area contributed by atoms with Crippen LogP contribution >= 0.6 is 11.3 Å². The highest BCUT2D eigenvalue weighted by Gasteiger charge is 2.39. The molecule has 1 aromatic heterocycles. The summed E-state index contributed by atoms with van der Waals surface area (Å²) >= 11 is 1.81. The summed E-state index contributed by atoms with van der Waals surface area (Å²) in [5.41, 5.74) is 3.15. The van der Waals surface area contributed by atoms with Gasteiger partial charge in [-0.15, -0.1) is 11.3 Å². The van der Waals surface area contributed by atoms with Crippen LogP contribution in [0.3, 0.4) is 0 Å². The van der Waals surface area contributed by atoms with Gasteiger partial charge in [-0.25, -0.2) is 0 Å². The van der Waals surface area contributed by atoms with E-state index in [-0.39, 0.29) is 31.1 Å². The van der Waals surface area contributed by atoms with Crippen molar-refractivity contribution in [3.8, 4) is 0 Å². The van der Waals surface area contributed by atoms with Crippen LogP contribution in [-0.4, -0.2) is 41.1 Å². The Labute approximate surface area is 179 Å². The Morgan fingerprint density at radius 3 is 2.83 bits per heavy atom. The number of imide groups is 1. The molecule has 0 spiro atoms. The molecule has 3 unspecified atom stereocenters. The summed E-state index contributed by atoms with van der Waals surface area (Å²) in [7, 11) is 0. The Morgan fingerprint density at radius 2 is 1.97 bits per heavy atom. The molecule has 3 heterocycles. The van der Waals surface area contributed by atoms with Gasteiger partial charge in [-0.05, 0) is 35.9 Å². The first kappa shape index (κ1) is 19.5. The third-order valence-electron chi connectivity index (χ3n) is 6.21. The van der Waals surface area contributed by atoms with Gasteiger partial charge in [-0.1, -0.05) is 31.0 Å². The number of aliphatic hydroxyl groups is 1. The highest BCUT2D eigenvalue weighted by molar-refractivity contribution is 7.10. The number of nitrogens with one attached hydrogen (secondary N) is 1. The summed E-state index contributed by atoms with van der Waals surface area (Å²) in [6, 6.07) is 9.95. The van der Waals surface area contributed by atoms with E-state index in [4.69, 9.17) is 9.84 Å². The Balaban J connectivity index is 1.47. The number of nitrogens with zero attached hydrogens (tertiary/aromatic N) is 1. The number of fused-ring (bicyclic) bond motifs is 3. The fourth-order valence-corrected chi connectivity index (χ4v) is 5.91. The van der Waals surface area contributed by atoms with Crippen molar-refractivity contribution in [2.24, 2.45) is 0 Å². The van der Waals surface area contributed by atoms with Crippen molar-refractivity contribution in [2.45, 2.75) is 43.8 Å². The molecule has 30 heavy (non-hydrogen) atoms. The molecule has 1 aromatic carbocycles. The lowest BCUT2D eigenvalue weighted by Gasteiger charge is -2.40. The second-order valence-corrected chi connectivity index (χ2v) is 8.92. The number of anilines is 1. The fraction of sp³-hybridized carbons (Fsp3) is 0.391. The quantitative estimate of drug-likeness (QED) is 0.718. The molecule has 6 nitrogen and oxygen atoms in total. The molecular weight excluding hydrogens is 400 g/mol. The van der Waals surface area contributed by atoms with Gasteiger partial charge in [0.1, 0.15) is 11.8 Å². The minimum atomic E-state index is -0.419. The van der Waals surface area contributed by atoms with Crippen molar-refractivity contribution >= 4 is 28.8 Å².